The summed E-state index contributed by atoms with van der Waals surface area (Å²) < 4.78 is 27.8. The number of benzene rings is 3. The third kappa shape index (κ3) is 5.58. The van der Waals surface area contributed by atoms with Crippen molar-refractivity contribution >= 4 is 33.2 Å². The summed E-state index contributed by atoms with van der Waals surface area (Å²) in [6.07, 6.45) is 1.55. The van der Waals surface area contributed by atoms with Crippen molar-refractivity contribution in [1.29, 1.82) is 0 Å². The van der Waals surface area contributed by atoms with Crippen molar-refractivity contribution in [2.24, 2.45) is 0 Å². The quantitative estimate of drug-likeness (QED) is 0.470. The summed E-state index contributed by atoms with van der Waals surface area (Å²) in [4.78, 5) is 25.0. The lowest BCUT2D eigenvalue weighted by molar-refractivity contribution is 0.0959. The van der Waals surface area contributed by atoms with Gasteiger partial charge in [-0.05, 0) is 42.5 Å². The number of amides is 2. The van der Waals surface area contributed by atoms with Crippen LogP contribution >= 0.6 is 0 Å². The molecule has 0 bridgehead atoms. The van der Waals surface area contributed by atoms with Crippen LogP contribution < -0.4 is 15.4 Å². The summed E-state index contributed by atoms with van der Waals surface area (Å²) in [6, 6.07) is 20.7. The molecule has 0 atom stereocenters. The topological polar surface area (TPSA) is 104 Å². The highest BCUT2D eigenvalue weighted by molar-refractivity contribution is 7.92. The molecule has 0 heterocycles. The van der Waals surface area contributed by atoms with Crippen LogP contribution in [0.5, 0.6) is 0 Å². The molecule has 3 rings (SSSR count). The normalized spacial score (nSPS) is 10.7. The van der Waals surface area contributed by atoms with Crippen molar-refractivity contribution < 1.29 is 18.0 Å². The van der Waals surface area contributed by atoms with Gasteiger partial charge in [0.2, 0.25) is 0 Å². The zero-order valence-corrected chi connectivity index (χ0v) is 17.4. The molecule has 0 saturated heterocycles. The van der Waals surface area contributed by atoms with E-state index in [0.717, 1.165) is 0 Å². The lowest BCUT2D eigenvalue weighted by Crippen LogP contribution is -2.25. The number of carbonyl (C=O) groups excluding carboxylic acids is 2. The molecule has 0 fully saturated rings. The van der Waals surface area contributed by atoms with Crippen LogP contribution in [0.15, 0.2) is 96.4 Å². The first-order chi connectivity index (χ1) is 14.9. The van der Waals surface area contributed by atoms with Crippen LogP contribution in [0.3, 0.4) is 0 Å². The lowest BCUT2D eigenvalue weighted by Gasteiger charge is -2.12. The number of anilines is 2. The molecule has 8 heteroatoms. The second-order valence-electron chi connectivity index (χ2n) is 6.50. The van der Waals surface area contributed by atoms with E-state index in [0.29, 0.717) is 11.4 Å². The van der Waals surface area contributed by atoms with Gasteiger partial charge in [-0.2, -0.15) is 0 Å². The highest BCUT2D eigenvalue weighted by Gasteiger charge is 2.18. The van der Waals surface area contributed by atoms with Crippen molar-refractivity contribution in [1.82, 2.24) is 5.32 Å². The maximum absolute atomic E-state index is 12.8. The van der Waals surface area contributed by atoms with Crippen molar-refractivity contribution in [3.05, 3.63) is 103 Å². The van der Waals surface area contributed by atoms with Crippen LogP contribution in [0.25, 0.3) is 0 Å². The van der Waals surface area contributed by atoms with Crippen molar-refractivity contribution in [3.63, 3.8) is 0 Å². The molecule has 3 aromatic rings. The number of sulfonamides is 1. The minimum Gasteiger partial charge on any atom is -0.349 e. The van der Waals surface area contributed by atoms with E-state index in [2.05, 4.69) is 21.9 Å². The van der Waals surface area contributed by atoms with Gasteiger partial charge in [-0.25, -0.2) is 8.42 Å². The highest BCUT2D eigenvalue weighted by atomic mass is 32.2. The van der Waals surface area contributed by atoms with Crippen molar-refractivity contribution in [2.45, 2.75) is 4.90 Å². The summed E-state index contributed by atoms with van der Waals surface area (Å²) in [5, 5.41) is 5.33. The fraction of sp³-hybridized carbons (Fsp3) is 0.0435. The zero-order valence-electron chi connectivity index (χ0n) is 16.5. The molecule has 0 aliphatic heterocycles. The number of hydrogen-bond acceptors (Lipinski definition) is 4. The predicted octanol–water partition coefficient (Wildman–Crippen LogP) is 3.66. The molecule has 2 amide bonds. The second kappa shape index (κ2) is 9.73. The van der Waals surface area contributed by atoms with Gasteiger partial charge >= 0.3 is 0 Å². The van der Waals surface area contributed by atoms with Gasteiger partial charge in [0.1, 0.15) is 0 Å². The van der Waals surface area contributed by atoms with Gasteiger partial charge < -0.3 is 10.6 Å². The van der Waals surface area contributed by atoms with E-state index in [1.165, 1.54) is 24.3 Å². The molecule has 31 heavy (non-hydrogen) atoms. The molecule has 0 unspecified atom stereocenters. The summed E-state index contributed by atoms with van der Waals surface area (Å²) in [7, 11) is -3.88. The largest absolute Gasteiger partial charge is 0.349 e. The number of para-hydroxylation sites is 2. The Labute approximate surface area is 180 Å². The Kier molecular flexibility index (Phi) is 6.84. The molecule has 0 spiro atoms. The van der Waals surface area contributed by atoms with Gasteiger partial charge in [0.25, 0.3) is 21.8 Å². The van der Waals surface area contributed by atoms with Crippen LogP contribution in [0.4, 0.5) is 11.4 Å². The Bertz CT molecular complexity index is 1210. The van der Waals surface area contributed by atoms with Crippen LogP contribution in [0, 0.1) is 0 Å². The molecular weight excluding hydrogens is 414 g/mol. The Hall–Kier alpha value is -3.91. The van der Waals surface area contributed by atoms with Gasteiger partial charge in [0.05, 0.1) is 16.1 Å². The standard InChI is InChI=1S/C23H21N3O4S/c1-2-15-24-23(28)20-13-6-7-14-21(20)25-22(27)17-9-8-12-19(16-17)31(29,30)26-18-10-4-3-5-11-18/h2-14,16,26H,1,15H2,(H,24,28)(H,25,27). The first-order valence-corrected chi connectivity index (χ1v) is 10.9. The number of rotatable bonds is 8. The fourth-order valence-electron chi connectivity index (χ4n) is 2.77. The number of hydrogen-bond donors (Lipinski definition) is 3. The first kappa shape index (κ1) is 21.8. The first-order valence-electron chi connectivity index (χ1n) is 9.38. The Morgan fingerprint density at radius 3 is 2.32 bits per heavy atom. The van der Waals surface area contributed by atoms with E-state index in [9.17, 15) is 18.0 Å². The Morgan fingerprint density at radius 2 is 1.58 bits per heavy atom. The van der Waals surface area contributed by atoms with Gasteiger partial charge in [0.15, 0.2) is 0 Å². The van der Waals surface area contributed by atoms with Gasteiger partial charge in [-0.15, -0.1) is 6.58 Å². The molecule has 7 nitrogen and oxygen atoms in total. The lowest BCUT2D eigenvalue weighted by atomic mass is 10.1. The maximum atomic E-state index is 12.8. The van der Waals surface area contributed by atoms with Gasteiger partial charge in [-0.3, -0.25) is 14.3 Å². The van der Waals surface area contributed by atoms with Crippen LogP contribution in [-0.2, 0) is 10.0 Å². The molecule has 0 aliphatic rings. The zero-order chi connectivity index (χ0) is 22.3. The Balaban J connectivity index is 1.81. The highest BCUT2D eigenvalue weighted by Crippen LogP contribution is 2.19. The van der Waals surface area contributed by atoms with Gasteiger partial charge in [0, 0.05) is 17.8 Å². The molecular formula is C23H21N3O4S. The summed E-state index contributed by atoms with van der Waals surface area (Å²) in [5.41, 5.74) is 1.14. The van der Waals surface area contributed by atoms with Gasteiger partial charge in [-0.1, -0.05) is 42.5 Å². The van der Waals surface area contributed by atoms with Crippen LogP contribution in [-0.4, -0.2) is 26.8 Å². The predicted molar refractivity (Wildman–Crippen MR) is 121 cm³/mol. The van der Waals surface area contributed by atoms with E-state index in [4.69, 9.17) is 0 Å². The molecule has 3 N–H and O–H groups in total. The monoisotopic (exact) mass is 435 g/mol. The maximum Gasteiger partial charge on any atom is 0.261 e. The molecule has 0 aliphatic carbocycles. The SMILES string of the molecule is C=CCNC(=O)c1ccccc1NC(=O)c1cccc(S(=O)(=O)Nc2ccccc2)c1. The summed E-state index contributed by atoms with van der Waals surface area (Å²) in [5.74, 6) is -0.903. The molecule has 0 radical (unpaired) electrons. The second-order valence-corrected chi connectivity index (χ2v) is 8.18. The molecule has 158 valence electrons. The number of carbonyl (C=O) groups is 2. The van der Waals surface area contributed by atoms with E-state index in [1.807, 2.05) is 0 Å². The molecule has 0 aromatic heterocycles. The average Bonchev–Trinajstić information content (AvgIpc) is 2.78. The fourth-order valence-corrected chi connectivity index (χ4v) is 3.87. The minimum absolute atomic E-state index is 0.0546. The van der Waals surface area contributed by atoms with E-state index < -0.39 is 15.9 Å². The average molecular weight is 436 g/mol. The van der Waals surface area contributed by atoms with Crippen LogP contribution in [0.2, 0.25) is 0 Å². The molecule has 0 saturated carbocycles. The smallest absolute Gasteiger partial charge is 0.261 e. The van der Waals surface area contributed by atoms with Crippen LogP contribution in [0.1, 0.15) is 20.7 Å². The van der Waals surface area contributed by atoms with E-state index >= 15 is 0 Å². The summed E-state index contributed by atoms with van der Waals surface area (Å²) >= 11 is 0. The third-order valence-electron chi connectivity index (χ3n) is 4.26. The van der Waals surface area contributed by atoms with E-state index in [1.54, 1.807) is 60.7 Å². The van der Waals surface area contributed by atoms with Crippen molar-refractivity contribution in [3.8, 4) is 0 Å². The van der Waals surface area contributed by atoms with Crippen molar-refractivity contribution in [2.75, 3.05) is 16.6 Å². The summed E-state index contributed by atoms with van der Waals surface area (Å²) in [6.45, 7) is 3.84. The molecule has 3 aromatic carbocycles. The third-order valence-corrected chi connectivity index (χ3v) is 5.64. The van der Waals surface area contributed by atoms with E-state index in [-0.39, 0.29) is 28.5 Å². The minimum atomic E-state index is -3.88. The number of nitrogens with one attached hydrogen (secondary N) is 3. The Morgan fingerprint density at radius 1 is 0.871 bits per heavy atom.